The van der Waals surface area contributed by atoms with Gasteiger partial charge in [-0.3, -0.25) is 9.59 Å². The van der Waals surface area contributed by atoms with Gasteiger partial charge in [0.2, 0.25) is 5.91 Å². The number of rotatable bonds is 7. The van der Waals surface area contributed by atoms with Crippen molar-refractivity contribution in [3.8, 4) is 5.75 Å². The fourth-order valence-electron chi connectivity index (χ4n) is 2.04. The summed E-state index contributed by atoms with van der Waals surface area (Å²) in [5.74, 6) is -0.809. The number of halogens is 2. The van der Waals surface area contributed by atoms with Crippen LogP contribution in [0, 0.1) is 0 Å². The molecule has 126 valence electrons. The van der Waals surface area contributed by atoms with Gasteiger partial charge in [0.25, 0.3) is 5.91 Å². The topological polar surface area (TPSA) is 81.4 Å². The Hall–Kier alpha value is -2.24. The minimum Gasteiger partial charge on any atom is -0.482 e. The average molecular weight is 367 g/mol. The smallest absolute Gasteiger partial charge is 0.258 e. The number of ether oxygens (including phenoxy) is 1. The van der Waals surface area contributed by atoms with Gasteiger partial charge in [0.15, 0.2) is 6.61 Å². The Bertz CT molecular complexity index is 723. The van der Waals surface area contributed by atoms with E-state index < -0.39 is 17.9 Å². The number of primary amides is 1. The lowest BCUT2D eigenvalue weighted by Crippen LogP contribution is -2.47. The van der Waals surface area contributed by atoms with Gasteiger partial charge >= 0.3 is 0 Å². The molecule has 0 aliphatic heterocycles. The molecule has 0 bridgehead atoms. The van der Waals surface area contributed by atoms with Crippen LogP contribution in [0.5, 0.6) is 5.75 Å². The predicted molar refractivity (Wildman–Crippen MR) is 93.2 cm³/mol. The number of carbonyl (C=O) groups excluding carboxylic acids is 2. The molecule has 2 aromatic carbocycles. The Morgan fingerprint density at radius 3 is 2.50 bits per heavy atom. The van der Waals surface area contributed by atoms with E-state index in [4.69, 9.17) is 33.7 Å². The molecule has 0 fully saturated rings. The van der Waals surface area contributed by atoms with E-state index in [1.165, 1.54) is 6.07 Å². The minimum absolute atomic E-state index is 0.290. The first kappa shape index (κ1) is 18.1. The summed E-state index contributed by atoms with van der Waals surface area (Å²) in [4.78, 5) is 23.5. The number of carbonyl (C=O) groups is 2. The summed E-state index contributed by atoms with van der Waals surface area (Å²) in [6, 6.07) is 13.1. The van der Waals surface area contributed by atoms with Gasteiger partial charge in [-0.15, -0.1) is 0 Å². The van der Waals surface area contributed by atoms with E-state index in [2.05, 4.69) is 5.32 Å². The summed E-state index contributed by atoms with van der Waals surface area (Å²) in [6.45, 7) is -0.307. The maximum atomic E-state index is 12.0. The molecular weight excluding hydrogens is 351 g/mol. The molecule has 0 radical (unpaired) electrons. The maximum absolute atomic E-state index is 12.0. The van der Waals surface area contributed by atoms with Crippen molar-refractivity contribution < 1.29 is 14.3 Å². The lowest BCUT2D eigenvalue weighted by atomic mass is 10.1. The van der Waals surface area contributed by atoms with E-state index in [0.717, 1.165) is 5.56 Å². The molecule has 0 aromatic heterocycles. The van der Waals surface area contributed by atoms with Crippen LogP contribution in [0.4, 0.5) is 0 Å². The highest BCUT2D eigenvalue weighted by atomic mass is 35.5. The molecule has 5 nitrogen and oxygen atoms in total. The molecule has 1 unspecified atom stereocenters. The number of nitrogens with two attached hydrogens (primary N) is 1. The predicted octanol–water partition coefficient (Wildman–Crippen LogP) is 2.58. The Morgan fingerprint density at radius 2 is 1.83 bits per heavy atom. The van der Waals surface area contributed by atoms with Crippen molar-refractivity contribution in [2.75, 3.05) is 6.61 Å². The molecule has 2 amide bonds. The van der Waals surface area contributed by atoms with Crippen molar-refractivity contribution in [2.24, 2.45) is 5.73 Å². The highest BCUT2D eigenvalue weighted by Gasteiger charge is 2.19. The van der Waals surface area contributed by atoms with Gasteiger partial charge < -0.3 is 15.8 Å². The zero-order chi connectivity index (χ0) is 17.5. The highest BCUT2D eigenvalue weighted by molar-refractivity contribution is 6.34. The summed E-state index contributed by atoms with van der Waals surface area (Å²) in [5.41, 5.74) is 6.24. The van der Waals surface area contributed by atoms with Crippen molar-refractivity contribution in [3.05, 3.63) is 64.1 Å². The van der Waals surface area contributed by atoms with Crippen LogP contribution >= 0.6 is 23.2 Å². The van der Waals surface area contributed by atoms with Crippen LogP contribution in [0.3, 0.4) is 0 Å². The van der Waals surface area contributed by atoms with Crippen LogP contribution in [-0.4, -0.2) is 24.5 Å². The molecular formula is C17H16Cl2N2O3. The van der Waals surface area contributed by atoms with Crippen LogP contribution < -0.4 is 15.8 Å². The summed E-state index contributed by atoms with van der Waals surface area (Å²) in [5, 5.41) is 3.33. The first-order chi connectivity index (χ1) is 11.5. The molecule has 1 atom stereocenters. The Labute approximate surface area is 149 Å². The first-order valence-corrected chi connectivity index (χ1v) is 7.92. The second-order valence-electron chi connectivity index (χ2n) is 5.08. The van der Waals surface area contributed by atoms with E-state index in [9.17, 15) is 9.59 Å². The van der Waals surface area contributed by atoms with Crippen molar-refractivity contribution in [2.45, 2.75) is 12.5 Å². The third-order valence-electron chi connectivity index (χ3n) is 3.21. The molecule has 24 heavy (non-hydrogen) atoms. The summed E-state index contributed by atoms with van der Waals surface area (Å²) in [7, 11) is 0. The van der Waals surface area contributed by atoms with Crippen molar-refractivity contribution in [1.29, 1.82) is 0 Å². The second kappa shape index (κ2) is 8.57. The van der Waals surface area contributed by atoms with Gasteiger partial charge in [0.05, 0.1) is 5.02 Å². The first-order valence-electron chi connectivity index (χ1n) is 7.16. The van der Waals surface area contributed by atoms with Crippen LogP contribution in [-0.2, 0) is 16.0 Å². The van der Waals surface area contributed by atoms with Crippen LogP contribution in [0.1, 0.15) is 5.56 Å². The van der Waals surface area contributed by atoms with E-state index in [0.29, 0.717) is 16.5 Å². The molecule has 3 N–H and O–H groups in total. The van der Waals surface area contributed by atoms with Gasteiger partial charge in [0.1, 0.15) is 11.8 Å². The molecule has 0 spiro atoms. The van der Waals surface area contributed by atoms with Crippen LogP contribution in [0.25, 0.3) is 0 Å². The standard InChI is InChI=1S/C17H16Cl2N2O3/c18-12-6-7-13(19)15(9-12)24-10-16(22)21-14(17(20)23)8-11-4-2-1-3-5-11/h1-7,9,14H,8,10H2,(H2,20,23)(H,21,22). The number of amides is 2. The average Bonchev–Trinajstić information content (AvgIpc) is 2.56. The van der Waals surface area contributed by atoms with Gasteiger partial charge in [0, 0.05) is 17.5 Å². The molecule has 0 saturated heterocycles. The van der Waals surface area contributed by atoms with Crippen LogP contribution in [0.2, 0.25) is 10.0 Å². The largest absolute Gasteiger partial charge is 0.482 e. The normalized spacial score (nSPS) is 11.6. The fraction of sp³-hybridized carbons (Fsp3) is 0.176. The van der Waals surface area contributed by atoms with Crippen molar-refractivity contribution in [1.82, 2.24) is 5.32 Å². The number of nitrogens with one attached hydrogen (secondary N) is 1. The van der Waals surface area contributed by atoms with Crippen molar-refractivity contribution in [3.63, 3.8) is 0 Å². The molecule has 0 heterocycles. The second-order valence-corrected chi connectivity index (χ2v) is 5.92. The van der Waals surface area contributed by atoms with Gasteiger partial charge in [-0.2, -0.15) is 0 Å². The molecule has 7 heteroatoms. The van der Waals surface area contributed by atoms with Gasteiger partial charge in [-0.1, -0.05) is 53.5 Å². The molecule has 0 saturated carbocycles. The summed E-state index contributed by atoms with van der Waals surface area (Å²) in [6.07, 6.45) is 0.305. The molecule has 0 aliphatic carbocycles. The fourth-order valence-corrected chi connectivity index (χ4v) is 2.37. The van der Waals surface area contributed by atoms with Crippen LogP contribution in [0.15, 0.2) is 48.5 Å². The van der Waals surface area contributed by atoms with E-state index in [-0.39, 0.29) is 12.4 Å². The summed E-state index contributed by atoms with van der Waals surface area (Å²) >= 11 is 11.8. The van der Waals surface area contributed by atoms with Crippen molar-refractivity contribution >= 4 is 35.0 Å². The Kier molecular flexibility index (Phi) is 6.46. The third kappa shape index (κ3) is 5.44. The van der Waals surface area contributed by atoms with Gasteiger partial charge in [-0.05, 0) is 17.7 Å². The van der Waals surface area contributed by atoms with E-state index in [1.807, 2.05) is 30.3 Å². The Morgan fingerprint density at radius 1 is 1.12 bits per heavy atom. The van der Waals surface area contributed by atoms with E-state index in [1.54, 1.807) is 12.1 Å². The zero-order valence-electron chi connectivity index (χ0n) is 12.7. The SMILES string of the molecule is NC(=O)C(Cc1ccccc1)NC(=O)COc1cc(Cl)ccc1Cl. The molecule has 0 aliphatic rings. The lowest BCUT2D eigenvalue weighted by Gasteiger charge is -2.16. The lowest BCUT2D eigenvalue weighted by molar-refractivity contribution is -0.128. The summed E-state index contributed by atoms with van der Waals surface area (Å²) < 4.78 is 5.33. The maximum Gasteiger partial charge on any atom is 0.258 e. The Balaban J connectivity index is 1.93. The molecule has 2 aromatic rings. The third-order valence-corrected chi connectivity index (χ3v) is 3.76. The quantitative estimate of drug-likeness (QED) is 0.789. The highest BCUT2D eigenvalue weighted by Crippen LogP contribution is 2.27. The number of benzene rings is 2. The molecule has 2 rings (SSSR count). The van der Waals surface area contributed by atoms with Gasteiger partial charge in [-0.25, -0.2) is 0 Å². The zero-order valence-corrected chi connectivity index (χ0v) is 14.2. The monoisotopic (exact) mass is 366 g/mol. The van der Waals surface area contributed by atoms with E-state index >= 15 is 0 Å². The minimum atomic E-state index is -0.821. The number of hydrogen-bond acceptors (Lipinski definition) is 3. The number of hydrogen-bond donors (Lipinski definition) is 2.